The first kappa shape index (κ1) is 18.3. The number of carbonyl (C=O) groups is 1. The Morgan fingerprint density at radius 3 is 2.42 bits per heavy atom. The number of carbonyl (C=O) groups excluding carboxylic acids is 1. The van der Waals surface area contributed by atoms with Gasteiger partial charge < -0.3 is 15.0 Å². The first-order valence-electron chi connectivity index (χ1n) is 9.17. The highest BCUT2D eigenvalue weighted by Crippen LogP contribution is 2.17. The molecule has 1 N–H and O–H groups in total. The lowest BCUT2D eigenvalue weighted by molar-refractivity contribution is -0.122. The summed E-state index contributed by atoms with van der Waals surface area (Å²) in [6.45, 7) is 4.83. The van der Waals surface area contributed by atoms with Crippen LogP contribution in [0.25, 0.3) is 0 Å². The number of amides is 1. The van der Waals surface area contributed by atoms with Gasteiger partial charge in [-0.1, -0.05) is 36.4 Å². The first-order chi connectivity index (χ1) is 12.8. The molecule has 0 bridgehead atoms. The average molecular weight is 353 g/mol. The van der Waals surface area contributed by atoms with E-state index in [1.165, 1.54) is 5.69 Å². The lowest BCUT2D eigenvalue weighted by Gasteiger charge is -2.35. The minimum Gasteiger partial charge on any atom is -0.496 e. The summed E-state index contributed by atoms with van der Waals surface area (Å²) in [6.07, 6.45) is 0.775. The number of rotatable bonds is 7. The molecule has 5 heteroatoms. The Bertz CT molecular complexity index is 697. The van der Waals surface area contributed by atoms with Crippen molar-refractivity contribution in [2.24, 2.45) is 0 Å². The van der Waals surface area contributed by atoms with Gasteiger partial charge >= 0.3 is 0 Å². The van der Waals surface area contributed by atoms with Crippen molar-refractivity contribution in [2.45, 2.75) is 6.42 Å². The van der Waals surface area contributed by atoms with Gasteiger partial charge in [-0.3, -0.25) is 9.69 Å². The lowest BCUT2D eigenvalue weighted by atomic mass is 10.1. The third-order valence-electron chi connectivity index (χ3n) is 4.77. The van der Waals surface area contributed by atoms with E-state index in [1.54, 1.807) is 7.11 Å². The fourth-order valence-electron chi connectivity index (χ4n) is 3.31. The molecule has 1 heterocycles. The predicted octanol–water partition coefficient (Wildman–Crippen LogP) is 2.18. The lowest BCUT2D eigenvalue weighted by Crippen LogP contribution is -2.49. The van der Waals surface area contributed by atoms with Gasteiger partial charge in [0.2, 0.25) is 5.91 Å². The van der Waals surface area contributed by atoms with Crippen molar-refractivity contribution in [1.82, 2.24) is 10.2 Å². The standard InChI is InChI=1S/C21H27N3O2/c1-26-20-10-6-5-7-18(20)11-12-22-21(25)17-23-13-15-24(16-14-23)19-8-3-2-4-9-19/h2-10H,11-17H2,1H3,(H,22,25). The number of piperazine rings is 1. The second-order valence-electron chi connectivity index (χ2n) is 6.51. The van der Waals surface area contributed by atoms with E-state index in [4.69, 9.17) is 4.74 Å². The molecule has 138 valence electrons. The Balaban J connectivity index is 1.38. The summed E-state index contributed by atoms with van der Waals surface area (Å²) in [4.78, 5) is 16.8. The van der Waals surface area contributed by atoms with E-state index in [0.29, 0.717) is 13.1 Å². The van der Waals surface area contributed by atoms with Crippen molar-refractivity contribution in [1.29, 1.82) is 0 Å². The summed E-state index contributed by atoms with van der Waals surface area (Å²) in [6, 6.07) is 18.4. The van der Waals surface area contributed by atoms with E-state index in [9.17, 15) is 4.79 Å². The minimum atomic E-state index is 0.0908. The summed E-state index contributed by atoms with van der Waals surface area (Å²) in [5.74, 6) is 0.965. The van der Waals surface area contributed by atoms with Gasteiger partial charge in [-0.05, 0) is 30.2 Å². The molecule has 0 aliphatic carbocycles. The highest BCUT2D eigenvalue weighted by atomic mass is 16.5. The number of nitrogens with zero attached hydrogens (tertiary/aromatic N) is 2. The fourth-order valence-corrected chi connectivity index (χ4v) is 3.31. The van der Waals surface area contributed by atoms with Crippen LogP contribution in [0, 0.1) is 0 Å². The van der Waals surface area contributed by atoms with Gasteiger partial charge in [0.05, 0.1) is 13.7 Å². The monoisotopic (exact) mass is 353 g/mol. The topological polar surface area (TPSA) is 44.8 Å². The molecular weight excluding hydrogens is 326 g/mol. The van der Waals surface area contributed by atoms with Crippen LogP contribution in [0.2, 0.25) is 0 Å². The summed E-state index contributed by atoms with van der Waals surface area (Å²) in [5.41, 5.74) is 2.38. The smallest absolute Gasteiger partial charge is 0.234 e. The Labute approximate surface area is 155 Å². The third-order valence-corrected chi connectivity index (χ3v) is 4.77. The highest BCUT2D eigenvalue weighted by Gasteiger charge is 2.18. The van der Waals surface area contributed by atoms with Gasteiger partial charge in [0.1, 0.15) is 5.75 Å². The molecule has 26 heavy (non-hydrogen) atoms. The molecule has 0 atom stereocenters. The average Bonchev–Trinajstić information content (AvgIpc) is 2.69. The number of methoxy groups -OCH3 is 1. The van der Waals surface area contributed by atoms with Crippen LogP contribution >= 0.6 is 0 Å². The summed E-state index contributed by atoms with van der Waals surface area (Å²) >= 11 is 0. The van der Waals surface area contributed by atoms with Crippen LogP contribution in [0.1, 0.15) is 5.56 Å². The zero-order valence-electron chi connectivity index (χ0n) is 15.4. The van der Waals surface area contributed by atoms with Crippen LogP contribution in [0.5, 0.6) is 5.75 Å². The maximum atomic E-state index is 12.2. The Hall–Kier alpha value is -2.53. The highest BCUT2D eigenvalue weighted by molar-refractivity contribution is 5.78. The van der Waals surface area contributed by atoms with E-state index in [2.05, 4.69) is 39.4 Å². The SMILES string of the molecule is COc1ccccc1CCNC(=O)CN1CCN(c2ccccc2)CC1. The number of hydrogen-bond donors (Lipinski definition) is 1. The number of hydrogen-bond acceptors (Lipinski definition) is 4. The molecule has 2 aromatic rings. The molecule has 0 spiro atoms. The molecule has 1 aliphatic rings. The zero-order chi connectivity index (χ0) is 18.2. The van der Waals surface area contributed by atoms with Gasteiger partial charge in [-0.25, -0.2) is 0 Å². The molecule has 1 saturated heterocycles. The number of nitrogens with one attached hydrogen (secondary N) is 1. The summed E-state index contributed by atoms with van der Waals surface area (Å²) in [5, 5.41) is 3.02. The largest absolute Gasteiger partial charge is 0.496 e. The minimum absolute atomic E-state index is 0.0908. The molecular formula is C21H27N3O2. The van der Waals surface area contributed by atoms with Crippen molar-refractivity contribution < 1.29 is 9.53 Å². The molecule has 0 radical (unpaired) electrons. The second-order valence-corrected chi connectivity index (χ2v) is 6.51. The normalized spacial score (nSPS) is 14.9. The van der Waals surface area contributed by atoms with Gasteiger partial charge in [-0.15, -0.1) is 0 Å². The van der Waals surface area contributed by atoms with Crippen LogP contribution in [-0.4, -0.2) is 57.2 Å². The van der Waals surface area contributed by atoms with E-state index < -0.39 is 0 Å². The van der Waals surface area contributed by atoms with E-state index >= 15 is 0 Å². The van der Waals surface area contributed by atoms with Gasteiger partial charge in [-0.2, -0.15) is 0 Å². The fraction of sp³-hybridized carbons (Fsp3) is 0.381. The predicted molar refractivity (Wildman–Crippen MR) is 105 cm³/mol. The van der Waals surface area contributed by atoms with Crippen LogP contribution in [0.4, 0.5) is 5.69 Å². The third kappa shape index (κ3) is 4.99. The van der Waals surface area contributed by atoms with E-state index in [1.807, 2.05) is 30.3 Å². The molecule has 5 nitrogen and oxygen atoms in total. The number of para-hydroxylation sites is 2. The van der Waals surface area contributed by atoms with Crippen molar-refractivity contribution in [2.75, 3.05) is 51.3 Å². The summed E-state index contributed by atoms with van der Waals surface area (Å²) in [7, 11) is 1.67. The number of anilines is 1. The van der Waals surface area contributed by atoms with Crippen LogP contribution in [-0.2, 0) is 11.2 Å². The molecule has 1 aliphatic heterocycles. The molecule has 1 fully saturated rings. The van der Waals surface area contributed by atoms with E-state index in [0.717, 1.165) is 43.9 Å². The zero-order valence-corrected chi connectivity index (χ0v) is 15.4. The van der Waals surface area contributed by atoms with Gasteiger partial charge in [0, 0.05) is 38.4 Å². The van der Waals surface area contributed by atoms with Crippen LogP contribution in [0.15, 0.2) is 54.6 Å². The molecule has 3 rings (SSSR count). The summed E-state index contributed by atoms with van der Waals surface area (Å²) < 4.78 is 5.35. The van der Waals surface area contributed by atoms with Crippen molar-refractivity contribution in [3.63, 3.8) is 0 Å². The van der Waals surface area contributed by atoms with Crippen LogP contribution in [0.3, 0.4) is 0 Å². The Morgan fingerprint density at radius 1 is 1.00 bits per heavy atom. The number of benzene rings is 2. The molecule has 0 unspecified atom stereocenters. The van der Waals surface area contributed by atoms with Crippen molar-refractivity contribution in [3.05, 3.63) is 60.2 Å². The van der Waals surface area contributed by atoms with Gasteiger partial charge in [0.25, 0.3) is 0 Å². The quantitative estimate of drug-likeness (QED) is 0.829. The molecule has 0 saturated carbocycles. The number of ether oxygens (including phenoxy) is 1. The Kier molecular flexibility index (Phi) is 6.50. The maximum absolute atomic E-state index is 12.2. The molecule has 1 amide bonds. The van der Waals surface area contributed by atoms with Crippen molar-refractivity contribution in [3.8, 4) is 5.75 Å². The van der Waals surface area contributed by atoms with E-state index in [-0.39, 0.29) is 5.91 Å². The molecule has 2 aromatic carbocycles. The Morgan fingerprint density at radius 2 is 1.69 bits per heavy atom. The molecule has 0 aromatic heterocycles. The first-order valence-corrected chi connectivity index (χ1v) is 9.17. The van der Waals surface area contributed by atoms with Gasteiger partial charge in [0.15, 0.2) is 0 Å². The van der Waals surface area contributed by atoms with Crippen molar-refractivity contribution >= 4 is 11.6 Å². The van der Waals surface area contributed by atoms with Crippen LogP contribution < -0.4 is 15.0 Å². The second kappa shape index (κ2) is 9.25. The maximum Gasteiger partial charge on any atom is 0.234 e.